The standard InChI is InChI=1S/C17H18FN3O3/c1-3-24-15-10-13(18)4-5-14(15)21-17(23)16(22)20-11(2)12-6-8-19-9-7-12/h4-11H,3H2,1-2H3,(H,20,22)(H,21,23). The fourth-order valence-electron chi connectivity index (χ4n) is 2.05. The molecule has 7 heteroatoms. The molecule has 2 rings (SSSR count). The highest BCUT2D eigenvalue weighted by atomic mass is 19.1. The average molecular weight is 331 g/mol. The highest BCUT2D eigenvalue weighted by Crippen LogP contribution is 2.25. The molecule has 6 nitrogen and oxygen atoms in total. The zero-order valence-electron chi connectivity index (χ0n) is 13.4. The topological polar surface area (TPSA) is 80.3 Å². The van der Waals surface area contributed by atoms with E-state index in [1.54, 1.807) is 38.4 Å². The molecule has 1 atom stereocenters. The summed E-state index contributed by atoms with van der Waals surface area (Å²) in [6.45, 7) is 3.79. The first kappa shape index (κ1) is 17.4. The molecule has 1 aromatic carbocycles. The van der Waals surface area contributed by atoms with E-state index in [2.05, 4.69) is 15.6 Å². The summed E-state index contributed by atoms with van der Waals surface area (Å²) in [5.74, 6) is -1.98. The number of halogens is 1. The van der Waals surface area contributed by atoms with Crippen molar-refractivity contribution in [3.63, 3.8) is 0 Å². The Hall–Kier alpha value is -2.96. The second-order valence-corrected chi connectivity index (χ2v) is 5.00. The minimum Gasteiger partial charge on any atom is -0.492 e. The Balaban J connectivity index is 2.03. The van der Waals surface area contributed by atoms with Crippen LogP contribution in [0.25, 0.3) is 0 Å². The molecule has 0 saturated heterocycles. The number of aromatic nitrogens is 1. The van der Waals surface area contributed by atoms with Gasteiger partial charge in [0.2, 0.25) is 0 Å². The largest absolute Gasteiger partial charge is 0.492 e. The summed E-state index contributed by atoms with van der Waals surface area (Å²) in [6, 6.07) is 6.81. The summed E-state index contributed by atoms with van der Waals surface area (Å²) in [5.41, 5.74) is 1.05. The number of nitrogens with zero attached hydrogens (tertiary/aromatic N) is 1. The number of hydrogen-bond acceptors (Lipinski definition) is 4. The van der Waals surface area contributed by atoms with Gasteiger partial charge < -0.3 is 15.4 Å². The molecule has 0 saturated carbocycles. The molecular formula is C17H18FN3O3. The van der Waals surface area contributed by atoms with E-state index < -0.39 is 17.6 Å². The maximum absolute atomic E-state index is 13.2. The number of ether oxygens (including phenoxy) is 1. The van der Waals surface area contributed by atoms with Crippen LogP contribution in [-0.2, 0) is 9.59 Å². The van der Waals surface area contributed by atoms with Gasteiger partial charge in [0.05, 0.1) is 18.3 Å². The quantitative estimate of drug-likeness (QED) is 0.825. The molecule has 24 heavy (non-hydrogen) atoms. The van der Waals surface area contributed by atoms with Crippen LogP contribution in [0.15, 0.2) is 42.7 Å². The summed E-state index contributed by atoms with van der Waals surface area (Å²) in [6.07, 6.45) is 3.20. The van der Waals surface area contributed by atoms with Gasteiger partial charge in [-0.3, -0.25) is 14.6 Å². The molecule has 1 unspecified atom stereocenters. The molecule has 0 bridgehead atoms. The van der Waals surface area contributed by atoms with Crippen molar-refractivity contribution in [2.45, 2.75) is 19.9 Å². The molecule has 0 aliphatic carbocycles. The summed E-state index contributed by atoms with van der Waals surface area (Å²) in [5, 5.41) is 5.01. The smallest absolute Gasteiger partial charge is 0.313 e. The maximum atomic E-state index is 13.2. The number of benzene rings is 1. The van der Waals surface area contributed by atoms with E-state index in [4.69, 9.17) is 4.74 Å². The molecule has 2 N–H and O–H groups in total. The first-order chi connectivity index (χ1) is 11.5. The number of hydrogen-bond donors (Lipinski definition) is 2. The number of nitrogens with one attached hydrogen (secondary N) is 2. The van der Waals surface area contributed by atoms with Crippen LogP contribution in [0.3, 0.4) is 0 Å². The van der Waals surface area contributed by atoms with Gasteiger partial charge in [-0.15, -0.1) is 0 Å². The van der Waals surface area contributed by atoms with Crippen LogP contribution in [-0.4, -0.2) is 23.4 Å². The third kappa shape index (κ3) is 4.52. The molecule has 1 aromatic heterocycles. The van der Waals surface area contributed by atoms with Crippen molar-refractivity contribution in [2.24, 2.45) is 0 Å². The Morgan fingerprint density at radius 2 is 1.92 bits per heavy atom. The minimum absolute atomic E-state index is 0.167. The molecule has 2 aromatic rings. The van der Waals surface area contributed by atoms with Crippen molar-refractivity contribution >= 4 is 17.5 Å². The van der Waals surface area contributed by atoms with Crippen LogP contribution in [0.2, 0.25) is 0 Å². The van der Waals surface area contributed by atoms with Crippen molar-refractivity contribution < 1.29 is 18.7 Å². The Morgan fingerprint density at radius 3 is 2.58 bits per heavy atom. The first-order valence-corrected chi connectivity index (χ1v) is 7.45. The van der Waals surface area contributed by atoms with Gasteiger partial charge in [0, 0.05) is 18.5 Å². The third-order valence-corrected chi connectivity index (χ3v) is 3.25. The number of amides is 2. The normalized spacial score (nSPS) is 11.5. The Labute approximate surface area is 139 Å². The van der Waals surface area contributed by atoms with Gasteiger partial charge in [0.15, 0.2) is 0 Å². The zero-order chi connectivity index (χ0) is 17.5. The molecule has 0 aliphatic rings. The fourth-order valence-corrected chi connectivity index (χ4v) is 2.05. The fraction of sp³-hybridized carbons (Fsp3) is 0.235. The number of anilines is 1. The Bertz CT molecular complexity index is 722. The van der Waals surface area contributed by atoms with Crippen LogP contribution in [0.5, 0.6) is 5.75 Å². The van der Waals surface area contributed by atoms with Crippen LogP contribution < -0.4 is 15.4 Å². The highest BCUT2D eigenvalue weighted by molar-refractivity contribution is 6.39. The van der Waals surface area contributed by atoms with E-state index in [1.165, 1.54) is 12.1 Å². The van der Waals surface area contributed by atoms with E-state index in [9.17, 15) is 14.0 Å². The summed E-state index contributed by atoms with van der Waals surface area (Å²) >= 11 is 0. The number of pyridine rings is 1. The van der Waals surface area contributed by atoms with E-state index in [0.29, 0.717) is 6.61 Å². The lowest BCUT2D eigenvalue weighted by atomic mass is 10.1. The predicted octanol–water partition coefficient (Wildman–Crippen LogP) is 2.44. The van der Waals surface area contributed by atoms with Crippen molar-refractivity contribution in [1.29, 1.82) is 0 Å². The molecule has 2 amide bonds. The lowest BCUT2D eigenvalue weighted by Gasteiger charge is -2.15. The summed E-state index contributed by atoms with van der Waals surface area (Å²) in [4.78, 5) is 27.9. The average Bonchev–Trinajstić information content (AvgIpc) is 2.58. The molecule has 0 radical (unpaired) electrons. The summed E-state index contributed by atoms with van der Waals surface area (Å²) < 4.78 is 18.5. The van der Waals surface area contributed by atoms with Crippen LogP contribution in [0.1, 0.15) is 25.5 Å². The maximum Gasteiger partial charge on any atom is 0.313 e. The van der Waals surface area contributed by atoms with E-state index in [0.717, 1.165) is 11.6 Å². The Kier molecular flexibility index (Phi) is 5.83. The van der Waals surface area contributed by atoms with Gasteiger partial charge in [-0.1, -0.05) is 0 Å². The van der Waals surface area contributed by atoms with Crippen LogP contribution in [0.4, 0.5) is 10.1 Å². The van der Waals surface area contributed by atoms with Gasteiger partial charge in [-0.25, -0.2) is 4.39 Å². The monoisotopic (exact) mass is 331 g/mol. The molecule has 0 spiro atoms. The first-order valence-electron chi connectivity index (χ1n) is 7.45. The molecule has 126 valence electrons. The Morgan fingerprint density at radius 1 is 1.21 bits per heavy atom. The van der Waals surface area contributed by atoms with Crippen molar-refractivity contribution in [1.82, 2.24) is 10.3 Å². The third-order valence-electron chi connectivity index (χ3n) is 3.25. The van der Waals surface area contributed by atoms with E-state index in [-0.39, 0.29) is 17.5 Å². The molecule has 1 heterocycles. The van der Waals surface area contributed by atoms with Gasteiger partial charge >= 0.3 is 11.8 Å². The number of carbonyl (C=O) groups excluding carboxylic acids is 2. The highest BCUT2D eigenvalue weighted by Gasteiger charge is 2.19. The SMILES string of the molecule is CCOc1cc(F)ccc1NC(=O)C(=O)NC(C)c1ccncc1. The van der Waals surface area contributed by atoms with Gasteiger partial charge in [0.25, 0.3) is 0 Å². The molecule has 0 fully saturated rings. The second kappa shape index (κ2) is 8.05. The second-order valence-electron chi connectivity index (χ2n) is 5.00. The zero-order valence-corrected chi connectivity index (χ0v) is 13.4. The van der Waals surface area contributed by atoms with E-state index >= 15 is 0 Å². The van der Waals surface area contributed by atoms with Gasteiger partial charge in [-0.2, -0.15) is 0 Å². The van der Waals surface area contributed by atoms with Crippen molar-refractivity contribution in [2.75, 3.05) is 11.9 Å². The van der Waals surface area contributed by atoms with Crippen LogP contribution >= 0.6 is 0 Å². The lowest BCUT2D eigenvalue weighted by molar-refractivity contribution is -0.136. The summed E-state index contributed by atoms with van der Waals surface area (Å²) in [7, 11) is 0. The number of carbonyl (C=O) groups is 2. The lowest BCUT2D eigenvalue weighted by Crippen LogP contribution is -2.37. The van der Waals surface area contributed by atoms with Gasteiger partial charge in [-0.05, 0) is 43.7 Å². The van der Waals surface area contributed by atoms with Gasteiger partial charge in [0.1, 0.15) is 11.6 Å². The minimum atomic E-state index is -0.858. The molecule has 0 aliphatic heterocycles. The predicted molar refractivity (Wildman–Crippen MR) is 87.0 cm³/mol. The van der Waals surface area contributed by atoms with Crippen molar-refractivity contribution in [3.8, 4) is 5.75 Å². The van der Waals surface area contributed by atoms with Crippen LogP contribution in [0, 0.1) is 5.82 Å². The van der Waals surface area contributed by atoms with E-state index in [1.807, 2.05) is 0 Å². The molecular weight excluding hydrogens is 313 g/mol. The van der Waals surface area contributed by atoms with Crippen molar-refractivity contribution in [3.05, 3.63) is 54.1 Å². The number of rotatable bonds is 5.